The number of nitriles is 1. The second-order valence-corrected chi connectivity index (χ2v) is 6.47. The molecule has 106 valence electrons. The fraction of sp³-hybridized carbons (Fsp3) is 0.500. The predicted octanol–water partition coefficient (Wildman–Crippen LogP) is 3.01. The van der Waals surface area contributed by atoms with E-state index in [1.54, 1.807) is 4.90 Å². The highest BCUT2D eigenvalue weighted by atomic mass is 79.9. The number of amides is 1. The van der Waals surface area contributed by atoms with E-state index in [1.807, 2.05) is 20.8 Å². The van der Waals surface area contributed by atoms with E-state index in [9.17, 15) is 4.79 Å². The third-order valence-corrected chi connectivity index (χ3v) is 3.85. The summed E-state index contributed by atoms with van der Waals surface area (Å²) in [6, 6.07) is 2.10. The first-order valence-corrected chi connectivity index (χ1v) is 7.15. The summed E-state index contributed by atoms with van der Waals surface area (Å²) in [6.07, 6.45) is 1.87. The van der Waals surface area contributed by atoms with E-state index in [4.69, 9.17) is 10.00 Å². The number of rotatable bonds is 0. The van der Waals surface area contributed by atoms with Gasteiger partial charge in [0.25, 0.3) is 0 Å². The molecule has 0 fully saturated rings. The van der Waals surface area contributed by atoms with Crippen molar-refractivity contribution < 1.29 is 9.53 Å². The van der Waals surface area contributed by atoms with Gasteiger partial charge in [-0.1, -0.05) is 0 Å². The van der Waals surface area contributed by atoms with Crippen molar-refractivity contribution in [1.82, 2.24) is 9.88 Å². The number of carbonyl (C=O) groups excluding carboxylic acids is 1. The zero-order valence-electron chi connectivity index (χ0n) is 11.7. The molecule has 0 radical (unpaired) electrons. The van der Waals surface area contributed by atoms with Gasteiger partial charge in [-0.05, 0) is 48.7 Å². The molecule has 2 rings (SSSR count). The lowest BCUT2D eigenvalue weighted by Gasteiger charge is -2.31. The van der Waals surface area contributed by atoms with E-state index in [-0.39, 0.29) is 6.09 Å². The van der Waals surface area contributed by atoms with Gasteiger partial charge in [0, 0.05) is 17.2 Å². The summed E-state index contributed by atoms with van der Waals surface area (Å²) in [6.45, 7) is 6.51. The Labute approximate surface area is 126 Å². The summed E-state index contributed by atoms with van der Waals surface area (Å²) < 4.78 is 6.15. The first-order chi connectivity index (χ1) is 9.31. The van der Waals surface area contributed by atoms with Crippen LogP contribution in [-0.2, 0) is 17.7 Å². The quantitative estimate of drug-likeness (QED) is 0.729. The van der Waals surface area contributed by atoms with E-state index in [2.05, 4.69) is 27.0 Å². The van der Waals surface area contributed by atoms with Gasteiger partial charge in [-0.2, -0.15) is 5.26 Å². The highest BCUT2D eigenvalue weighted by Crippen LogP contribution is 2.28. The minimum atomic E-state index is -0.504. The largest absolute Gasteiger partial charge is 0.444 e. The number of hydrogen-bond donors (Lipinski definition) is 0. The average Bonchev–Trinajstić information content (AvgIpc) is 2.37. The molecule has 1 aliphatic rings. The van der Waals surface area contributed by atoms with Crippen molar-refractivity contribution in [3.8, 4) is 6.07 Å². The molecule has 20 heavy (non-hydrogen) atoms. The molecular weight excluding hydrogens is 322 g/mol. The number of halogens is 1. The van der Waals surface area contributed by atoms with E-state index >= 15 is 0 Å². The lowest BCUT2D eigenvalue weighted by atomic mass is 10.0. The number of fused-ring (bicyclic) bond motifs is 1. The fourth-order valence-electron chi connectivity index (χ4n) is 2.02. The van der Waals surface area contributed by atoms with Crippen LogP contribution >= 0.6 is 15.9 Å². The maximum absolute atomic E-state index is 12.0. The van der Waals surface area contributed by atoms with Crippen molar-refractivity contribution in [2.24, 2.45) is 0 Å². The first kappa shape index (κ1) is 14.8. The molecule has 1 amide bonds. The van der Waals surface area contributed by atoms with Crippen LogP contribution in [0.4, 0.5) is 4.79 Å². The van der Waals surface area contributed by atoms with E-state index < -0.39 is 5.60 Å². The summed E-state index contributed by atoms with van der Waals surface area (Å²) in [7, 11) is 0. The van der Waals surface area contributed by atoms with Gasteiger partial charge in [-0.15, -0.1) is 0 Å². The highest BCUT2D eigenvalue weighted by Gasteiger charge is 2.27. The second kappa shape index (κ2) is 5.41. The molecule has 0 aliphatic carbocycles. The molecule has 1 aromatic rings. The van der Waals surface area contributed by atoms with Crippen LogP contribution in [0.1, 0.15) is 37.6 Å². The van der Waals surface area contributed by atoms with Crippen LogP contribution in [0.25, 0.3) is 0 Å². The molecule has 6 heteroatoms. The molecule has 5 nitrogen and oxygen atoms in total. The minimum Gasteiger partial charge on any atom is -0.444 e. The first-order valence-electron chi connectivity index (χ1n) is 6.36. The van der Waals surface area contributed by atoms with E-state index in [0.29, 0.717) is 25.1 Å². The molecule has 0 spiro atoms. The molecule has 0 unspecified atom stereocenters. The van der Waals surface area contributed by atoms with Crippen molar-refractivity contribution in [3.63, 3.8) is 0 Å². The van der Waals surface area contributed by atoms with Crippen LogP contribution in [0.2, 0.25) is 0 Å². The number of aromatic nitrogens is 1. The van der Waals surface area contributed by atoms with Gasteiger partial charge >= 0.3 is 6.09 Å². The van der Waals surface area contributed by atoms with Gasteiger partial charge in [-0.25, -0.2) is 4.79 Å². The number of nitrogens with zero attached hydrogens (tertiary/aromatic N) is 3. The van der Waals surface area contributed by atoms with Gasteiger partial charge in [0.1, 0.15) is 11.7 Å². The molecule has 0 atom stereocenters. The van der Waals surface area contributed by atoms with Crippen LogP contribution < -0.4 is 0 Å². The number of ether oxygens (including phenoxy) is 1. The van der Waals surface area contributed by atoms with Gasteiger partial charge in [0.05, 0.1) is 17.8 Å². The lowest BCUT2D eigenvalue weighted by Crippen LogP contribution is -2.40. The van der Waals surface area contributed by atoms with Crippen LogP contribution in [0.15, 0.2) is 10.7 Å². The Morgan fingerprint density at radius 2 is 2.25 bits per heavy atom. The molecule has 0 saturated carbocycles. The standard InChI is InChI=1S/C14H16BrN3O2/c1-14(2,3)20-13(19)18-5-4-10-11(8-18)17-7-9(6-16)12(10)15/h7H,4-5,8H2,1-3H3. The lowest BCUT2D eigenvalue weighted by molar-refractivity contribution is 0.0220. The molecule has 2 heterocycles. The molecule has 0 aromatic carbocycles. The SMILES string of the molecule is CC(C)(C)OC(=O)N1CCc2c(ncc(C#N)c2Br)C1. The Morgan fingerprint density at radius 3 is 2.85 bits per heavy atom. The Kier molecular flexibility index (Phi) is 4.00. The van der Waals surface area contributed by atoms with Gasteiger partial charge < -0.3 is 9.64 Å². The zero-order valence-corrected chi connectivity index (χ0v) is 13.3. The maximum atomic E-state index is 12.0. The fourth-order valence-corrected chi connectivity index (χ4v) is 2.64. The molecule has 1 aromatic heterocycles. The molecule has 0 N–H and O–H groups in total. The number of pyridine rings is 1. The smallest absolute Gasteiger partial charge is 0.410 e. The van der Waals surface area contributed by atoms with E-state index in [0.717, 1.165) is 15.7 Å². The Morgan fingerprint density at radius 1 is 1.55 bits per heavy atom. The van der Waals surface area contributed by atoms with E-state index in [1.165, 1.54) is 6.20 Å². The average molecular weight is 338 g/mol. The number of carbonyl (C=O) groups is 1. The highest BCUT2D eigenvalue weighted by molar-refractivity contribution is 9.10. The normalized spacial score (nSPS) is 14.4. The Hall–Kier alpha value is -1.61. The third kappa shape index (κ3) is 3.10. The van der Waals surface area contributed by atoms with Crippen LogP contribution in [0.5, 0.6) is 0 Å². The van der Waals surface area contributed by atoms with Crippen molar-refractivity contribution in [1.29, 1.82) is 5.26 Å². The Balaban J connectivity index is 2.19. The summed E-state index contributed by atoms with van der Waals surface area (Å²) >= 11 is 3.44. The molecule has 1 aliphatic heterocycles. The summed E-state index contributed by atoms with van der Waals surface area (Å²) in [5.41, 5.74) is 1.84. The van der Waals surface area contributed by atoms with Crippen molar-refractivity contribution in [2.45, 2.75) is 39.3 Å². The van der Waals surface area contributed by atoms with Crippen LogP contribution in [0, 0.1) is 11.3 Å². The Bertz CT molecular complexity index is 587. The van der Waals surface area contributed by atoms with Crippen molar-refractivity contribution >= 4 is 22.0 Å². The number of hydrogen-bond acceptors (Lipinski definition) is 4. The molecule has 0 bridgehead atoms. The van der Waals surface area contributed by atoms with Gasteiger partial charge in [0.2, 0.25) is 0 Å². The second-order valence-electron chi connectivity index (χ2n) is 5.67. The molecular formula is C14H16BrN3O2. The van der Waals surface area contributed by atoms with Gasteiger partial charge in [0.15, 0.2) is 0 Å². The monoisotopic (exact) mass is 337 g/mol. The van der Waals surface area contributed by atoms with Crippen molar-refractivity contribution in [2.75, 3.05) is 6.54 Å². The maximum Gasteiger partial charge on any atom is 0.410 e. The summed E-state index contributed by atoms with van der Waals surface area (Å²) in [5, 5.41) is 8.98. The van der Waals surface area contributed by atoms with Crippen molar-refractivity contribution in [3.05, 3.63) is 27.5 Å². The van der Waals surface area contributed by atoms with Crippen LogP contribution in [0.3, 0.4) is 0 Å². The summed E-state index contributed by atoms with van der Waals surface area (Å²) in [4.78, 5) is 18.0. The third-order valence-electron chi connectivity index (χ3n) is 2.94. The summed E-state index contributed by atoms with van der Waals surface area (Å²) in [5.74, 6) is 0. The van der Waals surface area contributed by atoms with Gasteiger partial charge in [-0.3, -0.25) is 4.98 Å². The zero-order chi connectivity index (χ0) is 14.9. The topological polar surface area (TPSA) is 66.2 Å². The predicted molar refractivity (Wildman–Crippen MR) is 77.0 cm³/mol. The molecule has 0 saturated heterocycles. The van der Waals surface area contributed by atoms with Crippen LogP contribution in [-0.4, -0.2) is 28.1 Å². The minimum absolute atomic E-state index is 0.328.